The van der Waals surface area contributed by atoms with Crippen molar-refractivity contribution in [2.24, 2.45) is 0 Å². The van der Waals surface area contributed by atoms with E-state index in [2.05, 4.69) is 58.0 Å². The number of fused-ring (bicyclic) bond motifs is 3. The average Bonchev–Trinajstić information content (AvgIpc) is 3.45. The van der Waals surface area contributed by atoms with E-state index in [1.807, 2.05) is 72.8 Å². The quantitative estimate of drug-likeness (QED) is 0.222. The second kappa shape index (κ2) is 9.15. The molecule has 1 aliphatic heterocycles. The highest BCUT2D eigenvalue weighted by Crippen LogP contribution is 2.39. The van der Waals surface area contributed by atoms with Gasteiger partial charge in [-0.15, -0.1) is 0 Å². The zero-order chi connectivity index (χ0) is 27.5. The number of furan rings is 1. The van der Waals surface area contributed by atoms with Gasteiger partial charge in [0.1, 0.15) is 11.2 Å². The molecule has 0 amide bonds. The van der Waals surface area contributed by atoms with Crippen molar-refractivity contribution in [2.75, 3.05) is 0 Å². The molecule has 3 heterocycles. The molecule has 1 fully saturated rings. The Morgan fingerprint density at radius 1 is 0.600 bits per heavy atom. The molecular weight excluding hydrogens is 495 g/mol. The van der Waals surface area contributed by atoms with Crippen LogP contribution in [-0.4, -0.2) is 28.3 Å². The van der Waals surface area contributed by atoms with E-state index in [-0.39, 0.29) is 0 Å². The Hall–Kier alpha value is -4.26. The van der Waals surface area contributed by atoms with E-state index in [4.69, 9.17) is 23.7 Å². The summed E-state index contributed by atoms with van der Waals surface area (Å²) >= 11 is 0. The Kier molecular flexibility index (Phi) is 5.67. The van der Waals surface area contributed by atoms with Crippen LogP contribution in [0.3, 0.4) is 0 Å². The lowest BCUT2D eigenvalue weighted by atomic mass is 9.78. The van der Waals surface area contributed by atoms with Crippen molar-refractivity contribution in [1.82, 2.24) is 9.97 Å². The fourth-order valence-corrected chi connectivity index (χ4v) is 5.24. The third-order valence-electron chi connectivity index (χ3n) is 8.15. The maximum absolute atomic E-state index is 6.36. The number of nitrogens with zero attached hydrogens (tertiary/aromatic N) is 2. The van der Waals surface area contributed by atoms with E-state index >= 15 is 0 Å². The number of benzene rings is 4. The first-order valence-corrected chi connectivity index (χ1v) is 13.6. The normalized spacial score (nSPS) is 16.1. The lowest BCUT2D eigenvalue weighted by molar-refractivity contribution is 0.00578. The summed E-state index contributed by atoms with van der Waals surface area (Å²) in [7, 11) is -0.458. The summed E-state index contributed by atoms with van der Waals surface area (Å²) in [6, 6.07) is 34.7. The summed E-state index contributed by atoms with van der Waals surface area (Å²) in [6.45, 7) is 8.28. The largest absolute Gasteiger partial charge is 0.494 e. The van der Waals surface area contributed by atoms with Crippen LogP contribution >= 0.6 is 0 Å². The molecule has 5 nitrogen and oxygen atoms in total. The molecule has 4 aromatic carbocycles. The molecule has 0 N–H and O–H groups in total. The third-order valence-corrected chi connectivity index (χ3v) is 8.15. The lowest BCUT2D eigenvalue weighted by Crippen LogP contribution is -2.41. The van der Waals surface area contributed by atoms with Gasteiger partial charge in [0, 0.05) is 27.5 Å². The maximum atomic E-state index is 6.36. The Morgan fingerprint density at radius 2 is 1.25 bits per heavy atom. The predicted octanol–water partition coefficient (Wildman–Crippen LogP) is 7.68. The highest BCUT2D eigenvalue weighted by atomic mass is 16.7. The topological polar surface area (TPSA) is 57.4 Å². The van der Waals surface area contributed by atoms with Gasteiger partial charge in [-0.25, -0.2) is 9.97 Å². The van der Waals surface area contributed by atoms with Gasteiger partial charge < -0.3 is 13.7 Å². The fraction of sp³-hybridized carbons (Fsp3) is 0.176. The summed E-state index contributed by atoms with van der Waals surface area (Å²) in [5.41, 5.74) is 6.43. The van der Waals surface area contributed by atoms with E-state index in [0.29, 0.717) is 5.82 Å². The summed E-state index contributed by atoms with van der Waals surface area (Å²) in [4.78, 5) is 10.0. The van der Waals surface area contributed by atoms with E-state index in [0.717, 1.165) is 55.5 Å². The molecular formula is C34H29BN2O3. The van der Waals surface area contributed by atoms with Crippen LogP contribution in [0.5, 0.6) is 0 Å². The van der Waals surface area contributed by atoms with Crippen LogP contribution in [-0.2, 0) is 9.31 Å². The van der Waals surface area contributed by atoms with Crippen molar-refractivity contribution in [3.63, 3.8) is 0 Å². The molecule has 40 heavy (non-hydrogen) atoms. The van der Waals surface area contributed by atoms with Crippen LogP contribution in [0.15, 0.2) is 108 Å². The highest BCUT2D eigenvalue weighted by molar-refractivity contribution is 6.62. The van der Waals surface area contributed by atoms with Gasteiger partial charge in [-0.3, -0.25) is 0 Å². The zero-order valence-electron chi connectivity index (χ0n) is 23.0. The lowest BCUT2D eigenvalue weighted by Gasteiger charge is -2.32. The van der Waals surface area contributed by atoms with Gasteiger partial charge in [0.2, 0.25) is 0 Å². The second-order valence-corrected chi connectivity index (χ2v) is 11.3. The van der Waals surface area contributed by atoms with E-state index in [1.165, 1.54) is 0 Å². The first-order chi connectivity index (χ1) is 19.3. The Morgan fingerprint density at radius 3 is 1.95 bits per heavy atom. The van der Waals surface area contributed by atoms with Crippen molar-refractivity contribution in [1.29, 1.82) is 0 Å². The summed E-state index contributed by atoms with van der Waals surface area (Å²) in [5.74, 6) is 0.680. The van der Waals surface area contributed by atoms with Gasteiger partial charge in [-0.1, -0.05) is 84.9 Å². The minimum Gasteiger partial charge on any atom is -0.456 e. The van der Waals surface area contributed by atoms with Crippen molar-refractivity contribution in [3.8, 4) is 33.9 Å². The Bertz CT molecular complexity index is 1790. The molecule has 0 radical (unpaired) electrons. The Labute approximate surface area is 234 Å². The molecule has 0 spiro atoms. The van der Waals surface area contributed by atoms with Gasteiger partial charge in [0.05, 0.1) is 22.6 Å². The monoisotopic (exact) mass is 524 g/mol. The number of aromatic nitrogens is 2. The first-order valence-electron chi connectivity index (χ1n) is 13.6. The molecule has 0 atom stereocenters. The van der Waals surface area contributed by atoms with E-state index in [9.17, 15) is 0 Å². The molecule has 1 aliphatic rings. The van der Waals surface area contributed by atoms with Gasteiger partial charge in [0.25, 0.3) is 0 Å². The fourth-order valence-electron chi connectivity index (χ4n) is 5.24. The van der Waals surface area contributed by atoms with Crippen molar-refractivity contribution >= 4 is 34.5 Å². The van der Waals surface area contributed by atoms with Gasteiger partial charge in [-0.2, -0.15) is 0 Å². The van der Waals surface area contributed by atoms with E-state index in [1.54, 1.807) is 0 Å². The standard InChI is InChI=1S/C34H29BN2O3/c1-33(2)34(3,4)40-35(39-33)24-18-19-29-26(20-24)31-25(16-11-17-30(31)38-29)28-21-27(22-12-7-5-8-13-22)36-32(37-28)23-14-9-6-10-15-23/h5-21H,1-4H3. The third kappa shape index (κ3) is 4.12. The highest BCUT2D eigenvalue weighted by Gasteiger charge is 2.51. The minimum atomic E-state index is -0.458. The molecule has 0 unspecified atom stereocenters. The Balaban J connectivity index is 1.43. The van der Waals surface area contributed by atoms with E-state index < -0.39 is 18.3 Å². The zero-order valence-corrected chi connectivity index (χ0v) is 23.0. The number of rotatable bonds is 4. The predicted molar refractivity (Wildman–Crippen MR) is 161 cm³/mol. The molecule has 6 heteroatoms. The second-order valence-electron chi connectivity index (χ2n) is 11.3. The van der Waals surface area contributed by atoms with Gasteiger partial charge >= 0.3 is 7.12 Å². The molecule has 1 saturated heterocycles. The van der Waals surface area contributed by atoms with Crippen LogP contribution in [0, 0.1) is 0 Å². The van der Waals surface area contributed by atoms with Crippen molar-refractivity contribution in [2.45, 2.75) is 38.9 Å². The van der Waals surface area contributed by atoms with Gasteiger partial charge in [-0.05, 0) is 51.4 Å². The average molecular weight is 524 g/mol. The number of hydrogen-bond donors (Lipinski definition) is 0. The maximum Gasteiger partial charge on any atom is 0.494 e. The first kappa shape index (κ1) is 24.8. The van der Waals surface area contributed by atoms with Crippen molar-refractivity contribution < 1.29 is 13.7 Å². The van der Waals surface area contributed by atoms with Crippen LogP contribution < -0.4 is 5.46 Å². The molecule has 0 bridgehead atoms. The molecule has 2 aromatic heterocycles. The van der Waals surface area contributed by atoms with Crippen LogP contribution in [0.1, 0.15) is 27.7 Å². The summed E-state index contributed by atoms with van der Waals surface area (Å²) in [6.07, 6.45) is 0. The smallest absolute Gasteiger partial charge is 0.456 e. The van der Waals surface area contributed by atoms with Crippen molar-refractivity contribution in [3.05, 3.63) is 103 Å². The molecule has 0 saturated carbocycles. The van der Waals surface area contributed by atoms with Gasteiger partial charge in [0.15, 0.2) is 5.82 Å². The van der Waals surface area contributed by atoms with Crippen LogP contribution in [0.2, 0.25) is 0 Å². The molecule has 6 aromatic rings. The molecule has 0 aliphatic carbocycles. The SMILES string of the molecule is CC1(C)OB(c2ccc3oc4cccc(-c5cc(-c6ccccc6)nc(-c6ccccc6)n5)c4c3c2)OC1(C)C. The summed E-state index contributed by atoms with van der Waals surface area (Å²) < 4.78 is 19.0. The molecule has 196 valence electrons. The minimum absolute atomic E-state index is 0.418. The summed E-state index contributed by atoms with van der Waals surface area (Å²) in [5, 5.41) is 2.01. The number of hydrogen-bond acceptors (Lipinski definition) is 5. The molecule has 7 rings (SSSR count). The van der Waals surface area contributed by atoms with Crippen LogP contribution in [0.4, 0.5) is 0 Å². The van der Waals surface area contributed by atoms with Crippen LogP contribution in [0.25, 0.3) is 55.8 Å².